The molecule has 76 valence electrons. The minimum atomic E-state index is -0.493. The Labute approximate surface area is 83.3 Å². The number of ether oxygens (including phenoxy) is 1. The minimum Gasteiger partial charge on any atom is -0.463 e. The zero-order valence-electron chi connectivity index (χ0n) is 8.49. The van der Waals surface area contributed by atoms with E-state index < -0.39 is 5.97 Å². The van der Waals surface area contributed by atoms with E-state index in [1.165, 1.54) is 7.11 Å². The molecule has 0 aliphatic rings. The number of carbonyl (C=O) groups is 1. The number of carbonyl (C=O) groups excluding carboxylic acids is 1. The zero-order valence-corrected chi connectivity index (χ0v) is 8.49. The molecule has 0 atom stereocenters. The van der Waals surface area contributed by atoms with Crippen LogP contribution in [0.1, 0.15) is 35.9 Å². The summed E-state index contributed by atoms with van der Waals surface area (Å²) in [7, 11) is 1.32. The first kappa shape index (κ1) is 10.6. The number of nitrogens with zero attached hydrogens (tertiary/aromatic N) is 2. The van der Waals surface area contributed by atoms with Gasteiger partial charge in [0.05, 0.1) is 7.11 Å². The highest BCUT2D eigenvalue weighted by atomic mass is 16.5. The first-order valence-corrected chi connectivity index (χ1v) is 4.67. The molecule has 0 aromatic carbocycles. The lowest BCUT2D eigenvalue weighted by Crippen LogP contribution is -2.07. The van der Waals surface area contributed by atoms with Crippen LogP contribution in [0.5, 0.6) is 0 Å². The molecule has 0 saturated carbocycles. The molecule has 1 rings (SSSR count). The highest BCUT2D eigenvalue weighted by Crippen LogP contribution is 2.02. The van der Waals surface area contributed by atoms with Crippen molar-refractivity contribution in [3.8, 4) is 0 Å². The Morgan fingerprint density at radius 3 is 2.57 bits per heavy atom. The summed E-state index contributed by atoms with van der Waals surface area (Å²) >= 11 is 0. The van der Waals surface area contributed by atoms with Gasteiger partial charge in [0.15, 0.2) is 0 Å². The number of esters is 1. The second-order valence-corrected chi connectivity index (χ2v) is 3.01. The third-order valence-electron chi connectivity index (χ3n) is 1.89. The van der Waals surface area contributed by atoms with Gasteiger partial charge < -0.3 is 4.74 Å². The van der Waals surface area contributed by atoms with Crippen LogP contribution in [0, 0.1) is 0 Å². The van der Waals surface area contributed by atoms with Crippen molar-refractivity contribution < 1.29 is 9.53 Å². The van der Waals surface area contributed by atoms with Crippen molar-refractivity contribution in [2.24, 2.45) is 0 Å². The van der Waals surface area contributed by atoms with Gasteiger partial charge in [-0.3, -0.25) is 0 Å². The van der Waals surface area contributed by atoms with Crippen LogP contribution in [-0.4, -0.2) is 23.0 Å². The maximum Gasteiger partial charge on any atom is 0.376 e. The van der Waals surface area contributed by atoms with Gasteiger partial charge in [0.25, 0.3) is 0 Å². The van der Waals surface area contributed by atoms with Crippen LogP contribution < -0.4 is 0 Å². The summed E-state index contributed by atoms with van der Waals surface area (Å²) in [4.78, 5) is 18.8. The molecule has 0 unspecified atom stereocenters. The largest absolute Gasteiger partial charge is 0.463 e. The fourth-order valence-corrected chi connectivity index (χ4v) is 1.06. The predicted octanol–water partition coefficient (Wildman–Crippen LogP) is 1.61. The average molecular weight is 194 g/mol. The van der Waals surface area contributed by atoms with Crippen molar-refractivity contribution >= 4 is 5.97 Å². The predicted molar refractivity (Wildman–Crippen MR) is 52.0 cm³/mol. The molecule has 1 aromatic heterocycles. The fraction of sp³-hybridized carbons (Fsp3) is 0.500. The zero-order chi connectivity index (χ0) is 10.4. The van der Waals surface area contributed by atoms with E-state index >= 15 is 0 Å². The van der Waals surface area contributed by atoms with Gasteiger partial charge in [0, 0.05) is 12.4 Å². The van der Waals surface area contributed by atoms with Crippen LogP contribution in [0.4, 0.5) is 0 Å². The van der Waals surface area contributed by atoms with E-state index in [9.17, 15) is 4.79 Å². The lowest BCUT2D eigenvalue weighted by molar-refractivity contribution is 0.0586. The second kappa shape index (κ2) is 5.32. The molecule has 0 N–H and O–H groups in total. The van der Waals surface area contributed by atoms with Crippen molar-refractivity contribution in [2.45, 2.75) is 26.2 Å². The van der Waals surface area contributed by atoms with Gasteiger partial charge in [-0.05, 0) is 18.4 Å². The molecule has 1 aromatic rings. The Hall–Kier alpha value is -1.45. The van der Waals surface area contributed by atoms with E-state index in [-0.39, 0.29) is 5.82 Å². The summed E-state index contributed by atoms with van der Waals surface area (Å²) in [5, 5.41) is 0. The van der Waals surface area contributed by atoms with Crippen molar-refractivity contribution in [3.05, 3.63) is 23.8 Å². The summed E-state index contributed by atoms with van der Waals surface area (Å²) in [5.74, 6) is -0.375. The molecule has 0 bridgehead atoms. The normalized spacial score (nSPS) is 9.86. The van der Waals surface area contributed by atoms with Gasteiger partial charge in [-0.15, -0.1) is 0 Å². The third-order valence-corrected chi connectivity index (χ3v) is 1.89. The SMILES string of the molecule is CCCCc1cnc(C(=O)OC)nc1. The summed E-state index contributed by atoms with van der Waals surface area (Å²) in [6.07, 6.45) is 6.56. The number of aromatic nitrogens is 2. The lowest BCUT2D eigenvalue weighted by Gasteiger charge is -2.00. The van der Waals surface area contributed by atoms with Gasteiger partial charge in [-0.1, -0.05) is 13.3 Å². The van der Waals surface area contributed by atoms with Gasteiger partial charge in [-0.2, -0.15) is 0 Å². The van der Waals surface area contributed by atoms with Crippen LogP contribution >= 0.6 is 0 Å². The third kappa shape index (κ3) is 2.80. The molecule has 0 aliphatic carbocycles. The van der Waals surface area contributed by atoms with E-state index in [4.69, 9.17) is 0 Å². The summed E-state index contributed by atoms with van der Waals surface area (Å²) in [6, 6.07) is 0. The standard InChI is InChI=1S/C10H14N2O2/c1-3-4-5-8-6-11-9(12-7-8)10(13)14-2/h6-7H,3-5H2,1-2H3. The quantitative estimate of drug-likeness (QED) is 0.683. The number of methoxy groups -OCH3 is 1. The van der Waals surface area contributed by atoms with Crippen molar-refractivity contribution in [1.29, 1.82) is 0 Å². The summed E-state index contributed by atoms with van der Waals surface area (Å²) in [5.41, 5.74) is 1.06. The van der Waals surface area contributed by atoms with Crippen molar-refractivity contribution in [3.63, 3.8) is 0 Å². The topological polar surface area (TPSA) is 52.1 Å². The minimum absolute atomic E-state index is 0.118. The average Bonchev–Trinajstić information content (AvgIpc) is 2.26. The van der Waals surface area contributed by atoms with Crippen LogP contribution in [0.2, 0.25) is 0 Å². The molecule has 14 heavy (non-hydrogen) atoms. The number of hydrogen-bond donors (Lipinski definition) is 0. The number of aryl methyl sites for hydroxylation is 1. The van der Waals surface area contributed by atoms with Crippen LogP contribution in [-0.2, 0) is 11.2 Å². The monoisotopic (exact) mass is 194 g/mol. The Balaban J connectivity index is 2.63. The molecule has 0 spiro atoms. The molecule has 1 heterocycles. The maximum absolute atomic E-state index is 11.0. The Bertz CT molecular complexity index is 295. The highest BCUT2D eigenvalue weighted by molar-refractivity contribution is 5.84. The summed E-state index contributed by atoms with van der Waals surface area (Å²) < 4.78 is 4.49. The molecular weight excluding hydrogens is 180 g/mol. The fourth-order valence-electron chi connectivity index (χ4n) is 1.06. The van der Waals surface area contributed by atoms with Gasteiger partial charge in [0.2, 0.25) is 5.82 Å². The van der Waals surface area contributed by atoms with Crippen LogP contribution in [0.25, 0.3) is 0 Å². The van der Waals surface area contributed by atoms with Crippen molar-refractivity contribution in [2.75, 3.05) is 7.11 Å². The van der Waals surface area contributed by atoms with Crippen molar-refractivity contribution in [1.82, 2.24) is 9.97 Å². The first-order chi connectivity index (χ1) is 6.77. The second-order valence-electron chi connectivity index (χ2n) is 3.01. The lowest BCUT2D eigenvalue weighted by atomic mass is 10.1. The molecule has 4 heteroatoms. The van der Waals surface area contributed by atoms with E-state index in [1.807, 2.05) is 0 Å². The smallest absolute Gasteiger partial charge is 0.376 e. The van der Waals surface area contributed by atoms with E-state index in [1.54, 1.807) is 12.4 Å². The molecule has 0 radical (unpaired) electrons. The molecule has 0 fully saturated rings. The molecule has 0 saturated heterocycles. The van der Waals surface area contributed by atoms with Gasteiger partial charge in [-0.25, -0.2) is 14.8 Å². The van der Waals surface area contributed by atoms with Gasteiger partial charge >= 0.3 is 5.97 Å². The summed E-state index contributed by atoms with van der Waals surface area (Å²) in [6.45, 7) is 2.13. The number of rotatable bonds is 4. The molecule has 0 amide bonds. The van der Waals surface area contributed by atoms with E-state index in [0.717, 1.165) is 24.8 Å². The Morgan fingerprint density at radius 2 is 2.07 bits per heavy atom. The molecular formula is C10H14N2O2. The highest BCUT2D eigenvalue weighted by Gasteiger charge is 2.07. The maximum atomic E-state index is 11.0. The van der Waals surface area contributed by atoms with Crippen LogP contribution in [0.15, 0.2) is 12.4 Å². The Kier molecular flexibility index (Phi) is 4.04. The first-order valence-electron chi connectivity index (χ1n) is 4.67. The van der Waals surface area contributed by atoms with E-state index in [0.29, 0.717) is 0 Å². The van der Waals surface area contributed by atoms with E-state index in [2.05, 4.69) is 21.6 Å². The molecule has 0 aliphatic heterocycles. The number of hydrogen-bond acceptors (Lipinski definition) is 4. The van der Waals surface area contributed by atoms with Crippen LogP contribution in [0.3, 0.4) is 0 Å². The Morgan fingerprint density at radius 1 is 1.43 bits per heavy atom. The van der Waals surface area contributed by atoms with Gasteiger partial charge in [0.1, 0.15) is 0 Å². The molecule has 4 nitrogen and oxygen atoms in total. The number of unbranched alkanes of at least 4 members (excludes halogenated alkanes) is 1.